The van der Waals surface area contributed by atoms with Crippen LogP contribution in [0.4, 0.5) is 10.5 Å². The molecule has 1 saturated heterocycles. The van der Waals surface area contributed by atoms with Gasteiger partial charge >= 0.3 is 6.09 Å². The number of ether oxygens (including phenoxy) is 2. The molecular formula is C15H22N2O3. The number of carbonyl (C=O) groups is 1. The van der Waals surface area contributed by atoms with E-state index in [1.165, 1.54) is 5.56 Å². The van der Waals surface area contributed by atoms with E-state index in [-0.39, 0.29) is 6.09 Å². The first-order valence-electron chi connectivity index (χ1n) is 6.97. The summed E-state index contributed by atoms with van der Waals surface area (Å²) in [6.45, 7) is 7.25. The lowest BCUT2D eigenvalue weighted by Crippen LogP contribution is -2.49. The van der Waals surface area contributed by atoms with E-state index in [1.54, 1.807) is 12.0 Å². The first-order chi connectivity index (χ1) is 9.65. The maximum absolute atomic E-state index is 11.7. The Kier molecular flexibility index (Phi) is 4.71. The molecule has 0 radical (unpaired) electrons. The Balaban J connectivity index is 2.03. The Hall–Kier alpha value is -1.91. The Labute approximate surface area is 120 Å². The Morgan fingerprint density at radius 3 is 2.55 bits per heavy atom. The Morgan fingerprint density at radius 2 is 1.95 bits per heavy atom. The van der Waals surface area contributed by atoms with Crippen LogP contribution in [-0.2, 0) is 4.74 Å². The SMILES string of the molecule is CCOC(=O)N1CCN(c2cc(C)ccc2OC)CC1. The third-order valence-electron chi connectivity index (χ3n) is 3.48. The normalized spacial score (nSPS) is 15.2. The highest BCUT2D eigenvalue weighted by molar-refractivity contribution is 5.68. The number of benzene rings is 1. The van der Waals surface area contributed by atoms with Gasteiger partial charge in [-0.15, -0.1) is 0 Å². The first-order valence-corrected chi connectivity index (χ1v) is 6.97. The fourth-order valence-corrected chi connectivity index (χ4v) is 2.39. The molecule has 1 amide bonds. The van der Waals surface area contributed by atoms with Gasteiger partial charge < -0.3 is 19.3 Å². The lowest BCUT2D eigenvalue weighted by Gasteiger charge is -2.36. The molecule has 1 aliphatic rings. The van der Waals surface area contributed by atoms with Crippen LogP contribution in [0.1, 0.15) is 12.5 Å². The number of methoxy groups -OCH3 is 1. The summed E-state index contributed by atoms with van der Waals surface area (Å²) in [6.07, 6.45) is -0.219. The molecule has 1 heterocycles. The number of hydrogen-bond acceptors (Lipinski definition) is 4. The molecular weight excluding hydrogens is 256 g/mol. The van der Waals surface area contributed by atoms with Crippen LogP contribution in [0.5, 0.6) is 5.75 Å². The lowest BCUT2D eigenvalue weighted by atomic mass is 10.1. The van der Waals surface area contributed by atoms with Crippen molar-refractivity contribution in [1.29, 1.82) is 0 Å². The highest BCUT2D eigenvalue weighted by Crippen LogP contribution is 2.30. The predicted octanol–water partition coefficient (Wildman–Crippen LogP) is 2.28. The largest absolute Gasteiger partial charge is 0.495 e. The summed E-state index contributed by atoms with van der Waals surface area (Å²) >= 11 is 0. The van der Waals surface area contributed by atoms with Crippen molar-refractivity contribution in [2.24, 2.45) is 0 Å². The van der Waals surface area contributed by atoms with Crippen molar-refractivity contribution >= 4 is 11.8 Å². The van der Waals surface area contributed by atoms with Crippen molar-refractivity contribution in [3.8, 4) is 5.75 Å². The van der Waals surface area contributed by atoms with Gasteiger partial charge in [0.2, 0.25) is 0 Å². The van der Waals surface area contributed by atoms with Crippen LogP contribution >= 0.6 is 0 Å². The minimum atomic E-state index is -0.219. The standard InChI is InChI=1S/C15H22N2O3/c1-4-20-15(18)17-9-7-16(8-10-17)13-11-12(2)5-6-14(13)19-3/h5-6,11H,4,7-10H2,1-3H3. The van der Waals surface area contributed by atoms with Crippen molar-refractivity contribution < 1.29 is 14.3 Å². The number of nitrogens with zero attached hydrogens (tertiary/aromatic N) is 2. The van der Waals surface area contributed by atoms with Crippen LogP contribution in [-0.4, -0.2) is 50.9 Å². The van der Waals surface area contributed by atoms with E-state index in [0.717, 1.165) is 24.5 Å². The van der Waals surface area contributed by atoms with Gasteiger partial charge in [-0.3, -0.25) is 0 Å². The van der Waals surface area contributed by atoms with E-state index in [0.29, 0.717) is 19.7 Å². The molecule has 2 rings (SSSR count). The minimum Gasteiger partial charge on any atom is -0.495 e. The lowest BCUT2D eigenvalue weighted by molar-refractivity contribution is 0.105. The molecule has 0 unspecified atom stereocenters. The van der Waals surface area contributed by atoms with Gasteiger partial charge in [-0.2, -0.15) is 0 Å². The molecule has 1 fully saturated rings. The highest BCUT2D eigenvalue weighted by Gasteiger charge is 2.23. The van der Waals surface area contributed by atoms with Crippen molar-refractivity contribution in [3.63, 3.8) is 0 Å². The van der Waals surface area contributed by atoms with E-state index in [4.69, 9.17) is 9.47 Å². The van der Waals surface area contributed by atoms with Crippen molar-refractivity contribution in [1.82, 2.24) is 4.90 Å². The van der Waals surface area contributed by atoms with E-state index in [9.17, 15) is 4.79 Å². The summed E-state index contributed by atoms with van der Waals surface area (Å²) in [7, 11) is 1.68. The van der Waals surface area contributed by atoms with Crippen LogP contribution in [0.3, 0.4) is 0 Å². The number of rotatable bonds is 3. The molecule has 0 saturated carbocycles. The number of aryl methyl sites for hydroxylation is 1. The maximum atomic E-state index is 11.7. The molecule has 0 N–H and O–H groups in total. The topological polar surface area (TPSA) is 42.0 Å². The van der Waals surface area contributed by atoms with Gasteiger partial charge in [0.05, 0.1) is 19.4 Å². The van der Waals surface area contributed by atoms with E-state index >= 15 is 0 Å². The summed E-state index contributed by atoms with van der Waals surface area (Å²) in [4.78, 5) is 15.7. The summed E-state index contributed by atoms with van der Waals surface area (Å²) < 4.78 is 10.4. The molecule has 20 heavy (non-hydrogen) atoms. The average Bonchev–Trinajstić information content (AvgIpc) is 2.47. The third-order valence-corrected chi connectivity index (χ3v) is 3.48. The average molecular weight is 278 g/mol. The van der Waals surface area contributed by atoms with E-state index < -0.39 is 0 Å². The smallest absolute Gasteiger partial charge is 0.409 e. The highest BCUT2D eigenvalue weighted by atomic mass is 16.6. The van der Waals surface area contributed by atoms with Crippen molar-refractivity contribution in [3.05, 3.63) is 23.8 Å². The molecule has 0 spiro atoms. The van der Waals surface area contributed by atoms with Gasteiger partial charge in [0.1, 0.15) is 5.75 Å². The van der Waals surface area contributed by atoms with Crippen LogP contribution in [0.2, 0.25) is 0 Å². The first kappa shape index (κ1) is 14.5. The molecule has 110 valence electrons. The van der Waals surface area contributed by atoms with Gasteiger partial charge in [-0.1, -0.05) is 6.07 Å². The number of carbonyl (C=O) groups excluding carboxylic acids is 1. The zero-order chi connectivity index (χ0) is 14.5. The molecule has 0 aliphatic carbocycles. The van der Waals surface area contributed by atoms with E-state index in [2.05, 4.69) is 17.9 Å². The molecule has 0 bridgehead atoms. The minimum absolute atomic E-state index is 0.219. The fourth-order valence-electron chi connectivity index (χ4n) is 2.39. The molecule has 5 heteroatoms. The molecule has 1 aliphatic heterocycles. The fraction of sp³-hybridized carbons (Fsp3) is 0.533. The van der Waals surface area contributed by atoms with Gasteiger partial charge in [-0.25, -0.2) is 4.79 Å². The van der Waals surface area contributed by atoms with Gasteiger partial charge in [0.15, 0.2) is 0 Å². The van der Waals surface area contributed by atoms with Crippen LogP contribution in [0.25, 0.3) is 0 Å². The Bertz CT molecular complexity index is 468. The van der Waals surface area contributed by atoms with Crippen molar-refractivity contribution in [2.75, 3.05) is 44.8 Å². The zero-order valence-electron chi connectivity index (χ0n) is 12.4. The molecule has 0 atom stereocenters. The number of anilines is 1. The van der Waals surface area contributed by atoms with Crippen LogP contribution in [0.15, 0.2) is 18.2 Å². The zero-order valence-corrected chi connectivity index (χ0v) is 12.4. The number of hydrogen-bond donors (Lipinski definition) is 0. The monoisotopic (exact) mass is 278 g/mol. The second-order valence-electron chi connectivity index (χ2n) is 4.85. The molecule has 1 aromatic carbocycles. The van der Waals surface area contributed by atoms with Crippen LogP contribution in [0, 0.1) is 6.92 Å². The number of piperazine rings is 1. The van der Waals surface area contributed by atoms with Gasteiger partial charge in [0.25, 0.3) is 0 Å². The van der Waals surface area contributed by atoms with E-state index in [1.807, 2.05) is 19.1 Å². The summed E-state index contributed by atoms with van der Waals surface area (Å²) in [5.74, 6) is 0.875. The third kappa shape index (κ3) is 3.15. The predicted molar refractivity (Wildman–Crippen MR) is 78.5 cm³/mol. The summed E-state index contributed by atoms with van der Waals surface area (Å²) in [5.41, 5.74) is 2.30. The molecule has 5 nitrogen and oxygen atoms in total. The molecule has 0 aromatic heterocycles. The number of amides is 1. The second kappa shape index (κ2) is 6.50. The maximum Gasteiger partial charge on any atom is 0.409 e. The van der Waals surface area contributed by atoms with Crippen LogP contribution < -0.4 is 9.64 Å². The second-order valence-corrected chi connectivity index (χ2v) is 4.85. The Morgan fingerprint density at radius 1 is 1.25 bits per heavy atom. The quantitative estimate of drug-likeness (QED) is 0.850. The van der Waals surface area contributed by atoms with Crippen molar-refractivity contribution in [2.45, 2.75) is 13.8 Å². The summed E-state index contributed by atoms with van der Waals surface area (Å²) in [6, 6.07) is 6.15. The molecule has 1 aromatic rings. The van der Waals surface area contributed by atoms with Gasteiger partial charge in [-0.05, 0) is 31.5 Å². The van der Waals surface area contributed by atoms with Gasteiger partial charge in [0, 0.05) is 26.2 Å². The summed E-state index contributed by atoms with van der Waals surface area (Å²) in [5, 5.41) is 0.